The Kier molecular flexibility index (Phi) is 7.29. The van der Waals surface area contributed by atoms with E-state index in [-0.39, 0.29) is 18.0 Å². The number of ether oxygens (including phenoxy) is 1. The van der Waals surface area contributed by atoms with Gasteiger partial charge in [0.1, 0.15) is 12.4 Å². The molecule has 1 fully saturated rings. The maximum absolute atomic E-state index is 12.8. The minimum Gasteiger partial charge on any atom is -0.406 e. The Hall–Kier alpha value is -2.79. The molecule has 0 amide bonds. The van der Waals surface area contributed by atoms with Crippen LogP contribution in [0, 0.1) is 0 Å². The van der Waals surface area contributed by atoms with Gasteiger partial charge in [0.25, 0.3) is 0 Å². The molecule has 0 spiro atoms. The van der Waals surface area contributed by atoms with Gasteiger partial charge in [0.15, 0.2) is 0 Å². The second-order valence-corrected chi connectivity index (χ2v) is 9.36. The van der Waals surface area contributed by atoms with Crippen LogP contribution in [-0.4, -0.2) is 52.0 Å². The molecular weight excluding hydrogens is 447 g/mol. The molecule has 1 heterocycles. The second-order valence-electron chi connectivity index (χ2n) is 7.42. The standard InChI is InChI=1S/C21H24F3N3O4S/c1-26(2)18-5-3-4-16(14-18)15-30-25-17-10-12-27(13-11-17)32(28,29)20-8-6-19(7-9-20)31-21(22,23)24/h3-9,14H,10-13,15H2,1-2H3. The van der Waals surface area contributed by atoms with Crippen molar-refractivity contribution in [1.82, 2.24) is 4.31 Å². The van der Waals surface area contributed by atoms with E-state index < -0.39 is 22.1 Å². The van der Waals surface area contributed by atoms with E-state index in [9.17, 15) is 21.6 Å². The van der Waals surface area contributed by atoms with Gasteiger partial charge in [-0.1, -0.05) is 17.3 Å². The molecular formula is C21H24F3N3O4S. The Morgan fingerprint density at radius 3 is 2.31 bits per heavy atom. The predicted molar refractivity (Wildman–Crippen MR) is 114 cm³/mol. The van der Waals surface area contributed by atoms with E-state index in [4.69, 9.17) is 4.84 Å². The van der Waals surface area contributed by atoms with E-state index in [1.807, 2.05) is 43.3 Å². The first-order valence-corrected chi connectivity index (χ1v) is 11.3. The van der Waals surface area contributed by atoms with Gasteiger partial charge in [0.05, 0.1) is 10.6 Å². The molecule has 174 valence electrons. The van der Waals surface area contributed by atoms with Crippen molar-refractivity contribution in [2.24, 2.45) is 5.16 Å². The third kappa shape index (κ3) is 6.36. The summed E-state index contributed by atoms with van der Waals surface area (Å²) in [5.41, 5.74) is 2.78. The van der Waals surface area contributed by atoms with Gasteiger partial charge < -0.3 is 14.5 Å². The Labute approximate surface area is 185 Å². The molecule has 11 heteroatoms. The highest BCUT2D eigenvalue weighted by Gasteiger charge is 2.32. The van der Waals surface area contributed by atoms with Gasteiger partial charge in [-0.2, -0.15) is 4.31 Å². The molecule has 0 unspecified atom stereocenters. The molecule has 0 saturated carbocycles. The van der Waals surface area contributed by atoms with Gasteiger partial charge in [-0.3, -0.25) is 0 Å². The van der Waals surface area contributed by atoms with Crippen molar-refractivity contribution in [3.63, 3.8) is 0 Å². The van der Waals surface area contributed by atoms with Crippen molar-refractivity contribution in [3.05, 3.63) is 54.1 Å². The highest BCUT2D eigenvalue weighted by atomic mass is 32.2. The number of rotatable bonds is 7. The molecule has 0 bridgehead atoms. The molecule has 1 aliphatic heterocycles. The zero-order chi connectivity index (χ0) is 23.4. The number of benzene rings is 2. The number of anilines is 1. The zero-order valence-electron chi connectivity index (χ0n) is 17.7. The van der Waals surface area contributed by atoms with Crippen molar-refractivity contribution in [3.8, 4) is 5.75 Å². The number of piperidine rings is 1. The molecule has 7 nitrogen and oxygen atoms in total. The molecule has 2 aromatic rings. The summed E-state index contributed by atoms with van der Waals surface area (Å²) in [5, 5.41) is 4.15. The largest absolute Gasteiger partial charge is 0.573 e. The third-order valence-corrected chi connectivity index (χ3v) is 6.76. The van der Waals surface area contributed by atoms with Crippen molar-refractivity contribution in [2.45, 2.75) is 30.7 Å². The fourth-order valence-electron chi connectivity index (χ4n) is 3.16. The van der Waals surface area contributed by atoms with Crippen LogP contribution in [0.4, 0.5) is 18.9 Å². The van der Waals surface area contributed by atoms with E-state index in [1.54, 1.807) is 0 Å². The van der Waals surface area contributed by atoms with Crippen molar-refractivity contribution >= 4 is 21.4 Å². The average Bonchev–Trinajstić information content (AvgIpc) is 2.73. The van der Waals surface area contributed by atoms with Crippen LogP contribution in [0.5, 0.6) is 5.75 Å². The number of nitrogens with zero attached hydrogens (tertiary/aromatic N) is 3. The van der Waals surface area contributed by atoms with Crippen molar-refractivity contribution < 1.29 is 31.2 Å². The summed E-state index contributed by atoms with van der Waals surface area (Å²) in [7, 11) is 0.0759. The van der Waals surface area contributed by atoms with Gasteiger partial charge in [0, 0.05) is 45.7 Å². The number of sulfonamides is 1. The second kappa shape index (κ2) is 9.78. The van der Waals surface area contributed by atoms with E-state index in [2.05, 4.69) is 9.89 Å². The summed E-state index contributed by atoms with van der Waals surface area (Å²) in [6.07, 6.45) is -4.02. The topological polar surface area (TPSA) is 71.4 Å². The highest BCUT2D eigenvalue weighted by Crippen LogP contribution is 2.26. The molecule has 0 aromatic heterocycles. The van der Waals surface area contributed by atoms with Crippen LogP contribution in [0.15, 0.2) is 58.6 Å². The lowest BCUT2D eigenvalue weighted by molar-refractivity contribution is -0.274. The molecule has 32 heavy (non-hydrogen) atoms. The van der Waals surface area contributed by atoms with Crippen LogP contribution in [0.2, 0.25) is 0 Å². The monoisotopic (exact) mass is 471 g/mol. The van der Waals surface area contributed by atoms with Crippen LogP contribution in [0.1, 0.15) is 18.4 Å². The normalized spacial score (nSPS) is 15.3. The lowest BCUT2D eigenvalue weighted by atomic mass is 10.1. The maximum Gasteiger partial charge on any atom is 0.573 e. The zero-order valence-corrected chi connectivity index (χ0v) is 18.5. The third-order valence-electron chi connectivity index (χ3n) is 4.85. The fourth-order valence-corrected chi connectivity index (χ4v) is 4.60. The number of hydrogen-bond donors (Lipinski definition) is 0. The van der Waals surface area contributed by atoms with Crippen LogP contribution in [0.25, 0.3) is 0 Å². The lowest BCUT2D eigenvalue weighted by Crippen LogP contribution is -2.38. The Balaban J connectivity index is 1.54. The van der Waals surface area contributed by atoms with E-state index in [0.29, 0.717) is 19.4 Å². The molecule has 0 aliphatic carbocycles. The average molecular weight is 472 g/mol. The number of oxime groups is 1. The van der Waals surface area contributed by atoms with Gasteiger partial charge in [-0.05, 0) is 42.0 Å². The van der Waals surface area contributed by atoms with E-state index >= 15 is 0 Å². The minimum absolute atomic E-state index is 0.0931. The van der Waals surface area contributed by atoms with Gasteiger partial charge in [0.2, 0.25) is 10.0 Å². The number of halogens is 3. The summed E-state index contributed by atoms with van der Waals surface area (Å²) >= 11 is 0. The van der Waals surface area contributed by atoms with Crippen LogP contribution in [0.3, 0.4) is 0 Å². The van der Waals surface area contributed by atoms with Crippen LogP contribution >= 0.6 is 0 Å². The Morgan fingerprint density at radius 2 is 1.72 bits per heavy atom. The van der Waals surface area contributed by atoms with Crippen molar-refractivity contribution in [1.29, 1.82) is 0 Å². The summed E-state index contributed by atoms with van der Waals surface area (Å²) in [6, 6.07) is 12.0. The quantitative estimate of drug-likeness (QED) is 0.571. The van der Waals surface area contributed by atoms with Crippen LogP contribution < -0.4 is 9.64 Å². The molecule has 1 saturated heterocycles. The maximum atomic E-state index is 12.8. The lowest BCUT2D eigenvalue weighted by Gasteiger charge is -2.26. The Morgan fingerprint density at radius 1 is 1.06 bits per heavy atom. The molecule has 2 aromatic carbocycles. The first-order chi connectivity index (χ1) is 15.0. The molecule has 0 radical (unpaired) electrons. The molecule has 0 N–H and O–H groups in total. The molecule has 1 aliphatic rings. The minimum atomic E-state index is -4.83. The van der Waals surface area contributed by atoms with Gasteiger partial charge in [-0.25, -0.2) is 8.42 Å². The molecule has 0 atom stereocenters. The first kappa shape index (κ1) is 23.9. The fraction of sp³-hybridized carbons (Fsp3) is 0.381. The summed E-state index contributed by atoms with van der Waals surface area (Å²) in [4.78, 5) is 7.34. The smallest absolute Gasteiger partial charge is 0.406 e. The molecule has 3 rings (SSSR count). The first-order valence-electron chi connectivity index (χ1n) is 9.84. The summed E-state index contributed by atoms with van der Waals surface area (Å²) in [5.74, 6) is -0.474. The number of hydrogen-bond acceptors (Lipinski definition) is 6. The predicted octanol–water partition coefficient (Wildman–Crippen LogP) is 4.01. The summed E-state index contributed by atoms with van der Waals surface area (Å²) < 4.78 is 67.4. The van der Waals surface area contributed by atoms with Gasteiger partial charge in [-0.15, -0.1) is 13.2 Å². The highest BCUT2D eigenvalue weighted by molar-refractivity contribution is 7.89. The van der Waals surface area contributed by atoms with E-state index in [1.165, 1.54) is 4.31 Å². The number of alkyl halides is 3. The summed E-state index contributed by atoms with van der Waals surface area (Å²) in [6.45, 7) is 0.725. The van der Waals surface area contributed by atoms with Crippen LogP contribution in [-0.2, 0) is 21.5 Å². The Bertz CT molecular complexity index is 1040. The van der Waals surface area contributed by atoms with Gasteiger partial charge >= 0.3 is 6.36 Å². The SMILES string of the molecule is CN(C)c1cccc(CON=C2CCN(S(=O)(=O)c3ccc(OC(F)(F)F)cc3)CC2)c1. The van der Waals surface area contributed by atoms with E-state index in [0.717, 1.165) is 41.2 Å². The van der Waals surface area contributed by atoms with Crippen molar-refractivity contribution in [2.75, 3.05) is 32.1 Å².